The number of aromatic carboxylic acids is 1. The summed E-state index contributed by atoms with van der Waals surface area (Å²) in [6.45, 7) is 1.45. The Labute approximate surface area is 105 Å². The number of carboxylic acid groups (broad SMARTS) is 1. The topological polar surface area (TPSA) is 49.8 Å². The second-order valence-corrected chi connectivity index (χ2v) is 4.51. The van der Waals surface area contributed by atoms with E-state index in [2.05, 4.69) is 0 Å². The van der Waals surface area contributed by atoms with Crippen LogP contribution in [0.2, 0.25) is 5.02 Å². The minimum atomic E-state index is -0.967. The van der Waals surface area contributed by atoms with Crippen molar-refractivity contribution in [3.63, 3.8) is 0 Å². The number of likely N-dealkylation sites (N-methyl/N-ethyl adjacent to an activating group) is 1. The van der Waals surface area contributed by atoms with E-state index in [1.165, 1.54) is 6.07 Å². The van der Waals surface area contributed by atoms with Gasteiger partial charge in [-0.05, 0) is 24.6 Å². The lowest BCUT2D eigenvalue weighted by Gasteiger charge is -2.26. The molecule has 1 saturated heterocycles. The maximum atomic E-state index is 10.8. The highest BCUT2D eigenvalue weighted by atomic mass is 35.5. The molecule has 0 aromatic heterocycles. The van der Waals surface area contributed by atoms with Gasteiger partial charge < -0.3 is 14.7 Å². The lowest BCUT2D eigenvalue weighted by Crippen LogP contribution is -2.31. The molecular formula is C12H14ClNO3. The van der Waals surface area contributed by atoms with Gasteiger partial charge in [-0.15, -0.1) is 0 Å². The summed E-state index contributed by atoms with van der Waals surface area (Å²) in [5, 5.41) is 9.32. The molecule has 1 aliphatic heterocycles. The lowest BCUT2D eigenvalue weighted by atomic mass is 10.1. The molecule has 0 radical (unpaired) electrons. The first-order valence-corrected chi connectivity index (χ1v) is 5.81. The second-order valence-electron chi connectivity index (χ2n) is 4.10. The van der Waals surface area contributed by atoms with Gasteiger partial charge in [-0.2, -0.15) is 0 Å². The van der Waals surface area contributed by atoms with Gasteiger partial charge in [-0.25, -0.2) is 4.79 Å². The van der Waals surface area contributed by atoms with E-state index in [-0.39, 0.29) is 5.56 Å². The molecule has 0 aliphatic carbocycles. The number of halogens is 1. The molecule has 0 spiro atoms. The Hall–Kier alpha value is -1.26. The van der Waals surface area contributed by atoms with Crippen LogP contribution in [0.3, 0.4) is 0 Å². The first-order chi connectivity index (χ1) is 8.09. The third kappa shape index (κ3) is 2.53. The van der Waals surface area contributed by atoms with Gasteiger partial charge in [0.25, 0.3) is 0 Å². The molecule has 5 heteroatoms. The summed E-state index contributed by atoms with van der Waals surface area (Å²) in [7, 11) is 1.95. The maximum absolute atomic E-state index is 10.8. The number of hydrogen-bond acceptors (Lipinski definition) is 3. The quantitative estimate of drug-likeness (QED) is 0.900. The van der Waals surface area contributed by atoms with Crippen LogP contribution in [0, 0.1) is 0 Å². The van der Waals surface area contributed by atoms with Crippen molar-refractivity contribution in [3.05, 3.63) is 28.8 Å². The summed E-state index contributed by atoms with van der Waals surface area (Å²) in [4.78, 5) is 12.8. The Morgan fingerprint density at radius 2 is 2.35 bits per heavy atom. The number of rotatable bonds is 3. The van der Waals surface area contributed by atoms with Crippen molar-refractivity contribution in [2.75, 3.05) is 25.2 Å². The van der Waals surface area contributed by atoms with Crippen LogP contribution in [0.1, 0.15) is 16.8 Å². The second kappa shape index (κ2) is 4.94. The van der Waals surface area contributed by atoms with E-state index in [4.69, 9.17) is 21.4 Å². The van der Waals surface area contributed by atoms with Crippen molar-refractivity contribution in [1.82, 2.24) is 0 Å². The molecule has 17 heavy (non-hydrogen) atoms. The smallest absolute Gasteiger partial charge is 0.335 e. The van der Waals surface area contributed by atoms with E-state index in [0.717, 1.165) is 18.7 Å². The van der Waals surface area contributed by atoms with Crippen LogP contribution in [0.25, 0.3) is 0 Å². The van der Waals surface area contributed by atoms with Crippen molar-refractivity contribution < 1.29 is 14.6 Å². The Kier molecular flexibility index (Phi) is 3.54. The molecule has 1 unspecified atom stereocenters. The van der Waals surface area contributed by atoms with Gasteiger partial charge in [-0.3, -0.25) is 0 Å². The molecule has 1 atom stereocenters. The molecule has 4 nitrogen and oxygen atoms in total. The summed E-state index contributed by atoms with van der Waals surface area (Å²) >= 11 is 6.10. The summed E-state index contributed by atoms with van der Waals surface area (Å²) in [5.41, 5.74) is 1.04. The van der Waals surface area contributed by atoms with E-state index in [9.17, 15) is 4.79 Å². The Morgan fingerprint density at radius 3 is 2.88 bits per heavy atom. The number of ether oxygens (including phenoxy) is 1. The number of carboxylic acids is 1. The zero-order chi connectivity index (χ0) is 12.4. The summed E-state index contributed by atoms with van der Waals surface area (Å²) in [6, 6.07) is 5.09. The van der Waals surface area contributed by atoms with Crippen LogP contribution >= 0.6 is 11.6 Å². The van der Waals surface area contributed by atoms with E-state index >= 15 is 0 Å². The summed E-state index contributed by atoms with van der Waals surface area (Å²) < 4.78 is 5.32. The third-order valence-electron chi connectivity index (χ3n) is 3.03. The van der Waals surface area contributed by atoms with Gasteiger partial charge in [0.15, 0.2) is 0 Å². The highest BCUT2D eigenvalue weighted by Crippen LogP contribution is 2.29. The largest absolute Gasteiger partial charge is 0.478 e. The minimum absolute atomic E-state index is 0.204. The number of benzene rings is 1. The first-order valence-electron chi connectivity index (χ1n) is 5.43. The van der Waals surface area contributed by atoms with E-state index < -0.39 is 5.97 Å². The monoisotopic (exact) mass is 255 g/mol. The number of anilines is 1. The Bertz CT molecular complexity index is 430. The normalized spacial score (nSPS) is 19.3. The van der Waals surface area contributed by atoms with Crippen molar-refractivity contribution in [2.45, 2.75) is 12.5 Å². The average Bonchev–Trinajstić information content (AvgIpc) is 2.81. The SMILES string of the molecule is CN(c1ccc(C(=O)O)cc1Cl)C1CCOC1. The number of hydrogen-bond donors (Lipinski definition) is 1. The fraction of sp³-hybridized carbons (Fsp3) is 0.417. The first kappa shape index (κ1) is 12.2. The van der Waals surface area contributed by atoms with Crippen LogP contribution in [0.15, 0.2) is 18.2 Å². The fourth-order valence-electron chi connectivity index (χ4n) is 1.95. The zero-order valence-corrected chi connectivity index (χ0v) is 10.3. The van der Waals surface area contributed by atoms with Crippen LogP contribution < -0.4 is 4.90 Å². The molecule has 1 aromatic carbocycles. The lowest BCUT2D eigenvalue weighted by molar-refractivity contribution is 0.0697. The van der Waals surface area contributed by atoms with E-state index in [0.29, 0.717) is 17.7 Å². The Balaban J connectivity index is 2.23. The van der Waals surface area contributed by atoms with Crippen LogP contribution in [-0.2, 0) is 4.74 Å². The number of nitrogens with zero attached hydrogens (tertiary/aromatic N) is 1. The van der Waals surface area contributed by atoms with Gasteiger partial charge in [-0.1, -0.05) is 11.6 Å². The predicted octanol–water partition coefficient (Wildman–Crippen LogP) is 2.26. The highest BCUT2D eigenvalue weighted by molar-refractivity contribution is 6.33. The summed E-state index contributed by atoms with van der Waals surface area (Å²) in [5.74, 6) is -0.967. The average molecular weight is 256 g/mol. The molecule has 92 valence electrons. The van der Waals surface area contributed by atoms with Crippen molar-refractivity contribution in [3.8, 4) is 0 Å². The van der Waals surface area contributed by atoms with Crippen molar-refractivity contribution in [1.29, 1.82) is 0 Å². The zero-order valence-electron chi connectivity index (χ0n) is 9.52. The van der Waals surface area contributed by atoms with Gasteiger partial charge in [0, 0.05) is 13.7 Å². The molecule has 1 fully saturated rings. The molecule has 1 aromatic rings. The molecule has 1 N–H and O–H groups in total. The van der Waals surface area contributed by atoms with Gasteiger partial charge in [0.05, 0.1) is 28.9 Å². The molecule has 1 heterocycles. The van der Waals surface area contributed by atoms with Crippen molar-refractivity contribution in [2.24, 2.45) is 0 Å². The molecule has 1 aliphatic rings. The summed E-state index contributed by atoms with van der Waals surface area (Å²) in [6.07, 6.45) is 0.966. The Morgan fingerprint density at radius 1 is 1.59 bits per heavy atom. The molecule has 0 saturated carbocycles. The van der Waals surface area contributed by atoms with Crippen LogP contribution in [0.4, 0.5) is 5.69 Å². The number of carbonyl (C=O) groups is 1. The van der Waals surface area contributed by atoms with E-state index in [1.54, 1.807) is 12.1 Å². The van der Waals surface area contributed by atoms with Gasteiger partial charge in [0.2, 0.25) is 0 Å². The van der Waals surface area contributed by atoms with Gasteiger partial charge >= 0.3 is 5.97 Å². The van der Waals surface area contributed by atoms with Crippen LogP contribution in [0.5, 0.6) is 0 Å². The standard InChI is InChI=1S/C12H14ClNO3/c1-14(9-4-5-17-7-9)11-3-2-8(12(15)16)6-10(11)13/h2-3,6,9H,4-5,7H2,1H3,(H,15,16). The maximum Gasteiger partial charge on any atom is 0.335 e. The molecule has 2 rings (SSSR count). The molecular weight excluding hydrogens is 242 g/mol. The third-order valence-corrected chi connectivity index (χ3v) is 3.33. The van der Waals surface area contributed by atoms with Crippen molar-refractivity contribution >= 4 is 23.3 Å². The predicted molar refractivity (Wildman–Crippen MR) is 66.0 cm³/mol. The molecule has 0 amide bonds. The van der Waals surface area contributed by atoms with E-state index in [1.807, 2.05) is 11.9 Å². The van der Waals surface area contributed by atoms with Crippen LogP contribution in [-0.4, -0.2) is 37.4 Å². The fourth-order valence-corrected chi connectivity index (χ4v) is 2.26. The highest BCUT2D eigenvalue weighted by Gasteiger charge is 2.22. The molecule has 0 bridgehead atoms. The minimum Gasteiger partial charge on any atom is -0.478 e. The van der Waals surface area contributed by atoms with Gasteiger partial charge in [0.1, 0.15) is 0 Å².